The quantitative estimate of drug-likeness (QED) is 0.00924. The highest BCUT2D eigenvalue weighted by atomic mass is 16.8. The van der Waals surface area contributed by atoms with Crippen LogP contribution in [0.2, 0.25) is 0 Å². The fourth-order valence-corrected chi connectivity index (χ4v) is 24.1. The van der Waals surface area contributed by atoms with Gasteiger partial charge in [-0.2, -0.15) is 0 Å². The molecule has 13 rings (SSSR count). The van der Waals surface area contributed by atoms with Crippen LogP contribution in [0.25, 0.3) is 0 Å². The van der Waals surface area contributed by atoms with Gasteiger partial charge in [0.05, 0.1) is 101 Å². The van der Waals surface area contributed by atoms with Crippen LogP contribution in [0.15, 0.2) is 11.6 Å². The van der Waals surface area contributed by atoms with E-state index in [9.17, 15) is 137 Å². The molecule has 0 aromatic heterocycles. The predicted molar refractivity (Wildman–Crippen MR) is 458 cm³/mol. The van der Waals surface area contributed by atoms with E-state index in [1.165, 1.54) is 13.8 Å². The van der Waals surface area contributed by atoms with Crippen LogP contribution in [0, 0.1) is 62.1 Å². The maximum absolute atomic E-state index is 16.4. The standard InChI is InChI=1S/C92H148O46/c1-13-36(3)46(126-54(102)25-41(98)24-47(37(4)14-2)127-80-62(110)58(106)49(30-94)128-80)23-40(97)26-55(103)131-69-39(6)125-82(73(65(69)113)136-79-64(112)60(108)68(38(5)124-79)132-78-67(115)70(45(100)32-122-78)133-84-75(116)91(120,34-96)35-123-84)138-85(119)92-22-21-86(7,8)27-43(92)42-15-16-51-87(9)19-18-53(88(10,33-95)50(87)17-20-89(51,11)90(42,12)28-52(92)101)130-83-74(137-81-63(111)59(107)57(105)48(29-93)129-81)71(66(114)72(135-83)76(117)118)134-77-61(109)56(104)44(99)31-121-77/h15,33,36-41,43-53,56-75,77-84,93-94,96-101,104-116,120H,13-14,16-32,34-35H2,1-12H3,(H,117,118)/t36?,37?,38-,39+,40?,41?,43-,44+,45+,46?,47?,48+,49-,50+,51+,52+,53-,56-,57-,58-,59-,60-,61+,62+,63+,64+,65-,66-,67+,68-,69-,70-,71-,72-,73+,74+,75-,77-,78-,79-,80+,81-,82-,83+,84-,87-,88-,89+,90+,91+,92+/m0/s1. The average Bonchev–Trinajstić information content (AvgIpc) is 0.707. The van der Waals surface area contributed by atoms with E-state index in [0.29, 0.717) is 51.4 Å². The van der Waals surface area contributed by atoms with Crippen molar-refractivity contribution in [3.8, 4) is 0 Å². The van der Waals surface area contributed by atoms with Crippen LogP contribution >= 0.6 is 0 Å². The van der Waals surface area contributed by atoms with Gasteiger partial charge in [0.2, 0.25) is 6.29 Å². The topological polar surface area (TPSA) is 717 Å². The summed E-state index contributed by atoms with van der Waals surface area (Å²) in [6.45, 7) is 17.6. The lowest BCUT2D eigenvalue weighted by atomic mass is 9.33. The number of hydrogen-bond donors (Lipinski definition) is 23. The molecule has 0 radical (unpaired) electrons. The second-order valence-corrected chi connectivity index (χ2v) is 42.6. The third-order valence-corrected chi connectivity index (χ3v) is 33.3. The molecule has 12 fully saturated rings. The van der Waals surface area contributed by atoms with Crippen molar-refractivity contribution in [1.29, 1.82) is 0 Å². The number of aliphatic hydroxyl groups excluding tert-OH is 21. The molecule has 0 amide bonds. The third-order valence-electron chi connectivity index (χ3n) is 33.3. The van der Waals surface area contributed by atoms with Crippen LogP contribution in [0.1, 0.15) is 179 Å². The fraction of sp³-hybridized carbons (Fsp3) is 0.924. The number of carboxylic acids is 1. The minimum atomic E-state index is -2.27. The summed E-state index contributed by atoms with van der Waals surface area (Å²) in [6, 6.07) is 0. The predicted octanol–water partition coefficient (Wildman–Crippen LogP) is -5.69. The summed E-state index contributed by atoms with van der Waals surface area (Å²) < 4.78 is 108. The first-order chi connectivity index (χ1) is 64.8. The summed E-state index contributed by atoms with van der Waals surface area (Å²) in [6.07, 6.45) is -66.5. The lowest BCUT2D eigenvalue weighted by molar-refractivity contribution is -0.391. The van der Waals surface area contributed by atoms with E-state index in [-0.39, 0.29) is 43.9 Å². The van der Waals surface area contributed by atoms with Crippen LogP contribution in [-0.2, 0) is 109 Å². The van der Waals surface area contributed by atoms with Gasteiger partial charge in [-0.15, -0.1) is 0 Å². The molecule has 8 heterocycles. The number of aldehydes is 1. The van der Waals surface area contributed by atoms with Crippen molar-refractivity contribution in [2.75, 3.05) is 39.6 Å². The fourth-order valence-electron chi connectivity index (χ4n) is 24.1. The molecule has 8 saturated heterocycles. The second kappa shape index (κ2) is 44.1. The van der Waals surface area contributed by atoms with Gasteiger partial charge in [-0.3, -0.25) is 14.4 Å². The molecule has 0 aromatic carbocycles. The number of allylic oxidation sites excluding steroid dienone is 2. The molecule has 0 spiro atoms. The zero-order valence-electron chi connectivity index (χ0n) is 79.7. The van der Waals surface area contributed by atoms with E-state index in [2.05, 4.69) is 26.8 Å². The highest BCUT2D eigenvalue weighted by Crippen LogP contribution is 2.76. The zero-order chi connectivity index (χ0) is 101. The molecule has 0 aromatic rings. The van der Waals surface area contributed by atoms with Gasteiger partial charge < -0.3 is 208 Å². The monoisotopic (exact) mass is 1990 g/mol. The number of ether oxygens (including phenoxy) is 18. The van der Waals surface area contributed by atoms with Crippen LogP contribution in [0.3, 0.4) is 0 Å². The number of esters is 3. The lowest BCUT2D eigenvalue weighted by Crippen LogP contribution is -2.69. The van der Waals surface area contributed by atoms with E-state index in [1.54, 1.807) is 27.7 Å². The molecule has 6 unspecified atom stereocenters. The SMILES string of the molecule is CCC(C)C(CC(O)CC(=O)O[C@@H]1[C@H](O)[C@@H](O[C@@H]2O[C@@H](C)[C@H](O[C@@H]3OC[C@@H](O)[C@H](O[C@@H]4OC[C@](O)(CO)[C@H]4O)[C@H]3O)[C@@H](O)[C@H]2O)[C@H](OC(=O)[C@]23CCC(C)(C)C[C@H]2C2=CC[C@@H]4[C@@]5(C)CC[C@H](O[C@@H]6O[C@H](C(=O)O)[C@@H](O)[C@H](O[C@@H]7OC[C@@H](O)[C@H](O)[C@H]7O)[C@H]6O[C@@H]6O[C@H](CO)[C@H](O)[C@H](O)[C@H]6O)[C@@](C)(C=O)[C@@H]5CC[C@@]4(C)[C@]2(C)C[C@H]3O)O[C@@H]1C)OC(=O)CC(O)CC(O[C@@H]1O[C@@H](CO)[C@H](O)[C@H]1O)C(C)CC. The normalized spacial score (nSPS) is 48.7. The summed E-state index contributed by atoms with van der Waals surface area (Å²) in [5, 5.41) is 256. The lowest BCUT2D eigenvalue weighted by Gasteiger charge is -2.71. The van der Waals surface area contributed by atoms with Crippen LogP contribution in [0.4, 0.5) is 0 Å². The molecule has 51 atom stereocenters. The van der Waals surface area contributed by atoms with Crippen LogP contribution in [0.5, 0.6) is 0 Å². The first-order valence-corrected chi connectivity index (χ1v) is 48.3. The average molecular weight is 1990 g/mol. The number of aliphatic carboxylic acids is 1. The van der Waals surface area contributed by atoms with E-state index in [4.69, 9.17) is 85.3 Å². The molecular weight excluding hydrogens is 1840 g/mol. The summed E-state index contributed by atoms with van der Waals surface area (Å²) in [5.74, 6) is -7.25. The summed E-state index contributed by atoms with van der Waals surface area (Å²) in [4.78, 5) is 72.1. The Morgan fingerprint density at radius 1 is 0.507 bits per heavy atom. The minimum Gasteiger partial charge on any atom is -0.479 e. The van der Waals surface area contributed by atoms with E-state index in [0.717, 1.165) is 11.9 Å². The molecule has 4 saturated carbocycles. The van der Waals surface area contributed by atoms with E-state index >= 15 is 4.79 Å². The van der Waals surface area contributed by atoms with Gasteiger partial charge in [0.25, 0.3) is 0 Å². The molecule has 5 aliphatic carbocycles. The van der Waals surface area contributed by atoms with Crippen molar-refractivity contribution in [3.05, 3.63) is 11.6 Å². The first-order valence-electron chi connectivity index (χ1n) is 48.3. The molecule has 13 aliphatic rings. The Labute approximate surface area is 797 Å². The molecule has 792 valence electrons. The molecule has 8 aliphatic heterocycles. The smallest absolute Gasteiger partial charge is 0.335 e. The second-order valence-electron chi connectivity index (χ2n) is 42.6. The van der Waals surface area contributed by atoms with Gasteiger partial charge in [-0.25, -0.2) is 4.79 Å². The van der Waals surface area contributed by atoms with Gasteiger partial charge in [-0.05, 0) is 123 Å². The summed E-state index contributed by atoms with van der Waals surface area (Å²) in [7, 11) is 0. The molecular formula is C92H148O46. The Hall–Kier alpha value is -4.19. The molecule has 0 bridgehead atoms. The molecule has 138 heavy (non-hydrogen) atoms. The third kappa shape index (κ3) is 21.4. The molecule has 46 heteroatoms. The van der Waals surface area contributed by atoms with Crippen molar-refractivity contribution < 1.29 is 227 Å². The summed E-state index contributed by atoms with van der Waals surface area (Å²) >= 11 is 0. The summed E-state index contributed by atoms with van der Waals surface area (Å²) in [5.41, 5.74) is -7.70. The van der Waals surface area contributed by atoms with Crippen molar-refractivity contribution >= 4 is 30.2 Å². The van der Waals surface area contributed by atoms with Crippen molar-refractivity contribution in [3.63, 3.8) is 0 Å². The number of carbonyl (C=O) groups is 5. The van der Waals surface area contributed by atoms with Crippen LogP contribution < -0.4 is 0 Å². The Balaban J connectivity index is 0.748. The number of rotatable bonds is 35. The van der Waals surface area contributed by atoms with Crippen molar-refractivity contribution in [2.24, 2.45) is 62.1 Å². The van der Waals surface area contributed by atoms with Crippen molar-refractivity contribution in [1.82, 2.24) is 0 Å². The van der Waals surface area contributed by atoms with Crippen LogP contribution in [-0.4, -0.2) is 439 Å². The number of hydrogen-bond acceptors (Lipinski definition) is 45. The molecule has 23 N–H and O–H groups in total. The first kappa shape index (κ1) is 111. The Morgan fingerprint density at radius 2 is 1.06 bits per heavy atom. The highest BCUT2D eigenvalue weighted by Gasteiger charge is 2.74. The largest absolute Gasteiger partial charge is 0.479 e. The van der Waals surface area contributed by atoms with Gasteiger partial charge >= 0.3 is 23.9 Å². The highest BCUT2D eigenvalue weighted by molar-refractivity contribution is 5.80. The maximum Gasteiger partial charge on any atom is 0.335 e. The van der Waals surface area contributed by atoms with E-state index in [1.807, 2.05) is 20.8 Å². The van der Waals surface area contributed by atoms with Gasteiger partial charge in [0.1, 0.15) is 152 Å². The number of carboxylic acid groups (broad SMARTS) is 1. The van der Waals surface area contributed by atoms with Gasteiger partial charge in [0, 0.05) is 12.8 Å². The van der Waals surface area contributed by atoms with E-state index < -0.39 is 378 Å². The Kier molecular flexibility index (Phi) is 35.5. The Morgan fingerprint density at radius 3 is 1.69 bits per heavy atom. The van der Waals surface area contributed by atoms with Crippen molar-refractivity contribution in [2.45, 2.75) is 431 Å². The number of fused-ring (bicyclic) bond motifs is 7. The molecule has 46 nitrogen and oxygen atoms in total. The number of aliphatic hydroxyl groups is 22. The van der Waals surface area contributed by atoms with Gasteiger partial charge in [-0.1, -0.05) is 93.7 Å². The Bertz CT molecular complexity index is 4100. The maximum atomic E-state index is 16.4. The zero-order valence-corrected chi connectivity index (χ0v) is 79.7. The minimum absolute atomic E-state index is 0.0127. The van der Waals surface area contributed by atoms with Gasteiger partial charge in [0.15, 0.2) is 62.3 Å². The number of carbonyl (C=O) groups excluding carboxylic acids is 4.